The van der Waals surface area contributed by atoms with Crippen LogP contribution in [0.25, 0.3) is 11.1 Å². The molecule has 0 saturated carbocycles. The maximum atomic E-state index is 12.5. The van der Waals surface area contributed by atoms with E-state index in [-0.39, 0.29) is 36.8 Å². The fourth-order valence-electron chi connectivity index (χ4n) is 4.40. The Hall–Kier alpha value is -3.35. The summed E-state index contributed by atoms with van der Waals surface area (Å²) >= 11 is 0. The number of amides is 2. The molecular weight excluding hydrogens is 432 g/mol. The van der Waals surface area contributed by atoms with E-state index in [4.69, 9.17) is 9.84 Å². The molecule has 0 bridgehead atoms. The SMILES string of the molecule is CCCCC(CC(=O)O)NC(=O)C(C)CCNC(=O)OCC1c2ccccc2-c2ccccc21. The number of carboxylic acid groups (broad SMARTS) is 1. The largest absolute Gasteiger partial charge is 0.481 e. The number of alkyl carbamates (subject to hydrolysis) is 1. The van der Waals surface area contributed by atoms with Crippen LogP contribution in [0.3, 0.4) is 0 Å². The van der Waals surface area contributed by atoms with Gasteiger partial charge in [0.2, 0.25) is 5.91 Å². The Labute approximate surface area is 200 Å². The van der Waals surface area contributed by atoms with Crippen LogP contribution in [0.2, 0.25) is 0 Å². The molecule has 2 amide bonds. The van der Waals surface area contributed by atoms with Gasteiger partial charge in [-0.25, -0.2) is 4.79 Å². The van der Waals surface area contributed by atoms with E-state index in [0.717, 1.165) is 24.0 Å². The zero-order chi connectivity index (χ0) is 24.5. The van der Waals surface area contributed by atoms with Crippen LogP contribution in [-0.4, -0.2) is 42.3 Å². The van der Waals surface area contributed by atoms with Crippen LogP contribution in [0.1, 0.15) is 63.0 Å². The molecule has 7 heteroatoms. The Morgan fingerprint density at radius 2 is 1.62 bits per heavy atom. The fraction of sp³-hybridized carbons (Fsp3) is 0.444. The smallest absolute Gasteiger partial charge is 0.407 e. The maximum Gasteiger partial charge on any atom is 0.407 e. The van der Waals surface area contributed by atoms with Crippen molar-refractivity contribution in [1.29, 1.82) is 0 Å². The number of fused-ring (bicyclic) bond motifs is 3. The van der Waals surface area contributed by atoms with E-state index in [0.29, 0.717) is 19.4 Å². The second-order valence-electron chi connectivity index (χ2n) is 8.89. The van der Waals surface area contributed by atoms with Gasteiger partial charge in [0.05, 0.1) is 6.42 Å². The van der Waals surface area contributed by atoms with Crippen LogP contribution in [-0.2, 0) is 14.3 Å². The number of aliphatic carboxylic acids is 1. The van der Waals surface area contributed by atoms with Crippen molar-refractivity contribution in [2.45, 2.75) is 57.9 Å². The molecule has 2 aromatic carbocycles. The highest BCUT2D eigenvalue weighted by molar-refractivity contribution is 5.80. The summed E-state index contributed by atoms with van der Waals surface area (Å²) in [5.74, 6) is -1.48. The number of hydrogen-bond donors (Lipinski definition) is 3. The van der Waals surface area contributed by atoms with Gasteiger partial charge in [0.25, 0.3) is 0 Å². The molecule has 0 fully saturated rings. The molecule has 2 atom stereocenters. The van der Waals surface area contributed by atoms with E-state index in [1.165, 1.54) is 11.1 Å². The van der Waals surface area contributed by atoms with Crippen molar-refractivity contribution < 1.29 is 24.2 Å². The van der Waals surface area contributed by atoms with Crippen molar-refractivity contribution in [2.75, 3.05) is 13.2 Å². The monoisotopic (exact) mass is 466 g/mol. The summed E-state index contributed by atoms with van der Waals surface area (Å²) in [4.78, 5) is 35.8. The number of carboxylic acids is 1. The summed E-state index contributed by atoms with van der Waals surface area (Å²) in [5, 5.41) is 14.6. The summed E-state index contributed by atoms with van der Waals surface area (Å²) in [6.07, 6.45) is 2.27. The van der Waals surface area contributed by atoms with Crippen LogP contribution in [0.4, 0.5) is 4.79 Å². The molecule has 1 aliphatic carbocycles. The molecule has 3 rings (SSSR count). The van der Waals surface area contributed by atoms with Crippen molar-refractivity contribution in [1.82, 2.24) is 10.6 Å². The Morgan fingerprint density at radius 3 is 2.21 bits per heavy atom. The minimum absolute atomic E-state index is 0.00265. The van der Waals surface area contributed by atoms with Gasteiger partial charge in [-0.1, -0.05) is 75.2 Å². The quantitative estimate of drug-likeness (QED) is 0.421. The third kappa shape index (κ3) is 6.59. The molecule has 34 heavy (non-hydrogen) atoms. The number of unbranched alkanes of at least 4 members (excludes halogenated alkanes) is 1. The molecule has 7 nitrogen and oxygen atoms in total. The van der Waals surface area contributed by atoms with Gasteiger partial charge in [-0.2, -0.15) is 0 Å². The second kappa shape index (κ2) is 12.2. The topological polar surface area (TPSA) is 105 Å². The van der Waals surface area contributed by atoms with Crippen LogP contribution in [0.15, 0.2) is 48.5 Å². The van der Waals surface area contributed by atoms with Gasteiger partial charge in [0.1, 0.15) is 6.61 Å². The maximum absolute atomic E-state index is 12.5. The first kappa shape index (κ1) is 25.3. The molecular formula is C27H34N2O5. The zero-order valence-corrected chi connectivity index (χ0v) is 19.9. The molecule has 2 unspecified atom stereocenters. The molecule has 0 spiro atoms. The summed E-state index contributed by atoms with van der Waals surface area (Å²) in [6.45, 7) is 4.33. The van der Waals surface area contributed by atoms with Gasteiger partial charge in [-0.05, 0) is 35.1 Å². The summed E-state index contributed by atoms with van der Waals surface area (Å²) in [6, 6.07) is 15.9. The van der Waals surface area contributed by atoms with Crippen LogP contribution in [0.5, 0.6) is 0 Å². The third-order valence-electron chi connectivity index (χ3n) is 6.31. The molecule has 0 aromatic heterocycles. The van der Waals surface area contributed by atoms with Crippen LogP contribution < -0.4 is 10.6 Å². The lowest BCUT2D eigenvalue weighted by Crippen LogP contribution is -2.40. The van der Waals surface area contributed by atoms with E-state index in [2.05, 4.69) is 34.9 Å². The molecule has 2 aromatic rings. The summed E-state index contributed by atoms with van der Waals surface area (Å²) in [7, 11) is 0. The summed E-state index contributed by atoms with van der Waals surface area (Å²) < 4.78 is 5.52. The van der Waals surface area contributed by atoms with Gasteiger partial charge in [0, 0.05) is 24.4 Å². The average Bonchev–Trinajstić information content (AvgIpc) is 3.14. The molecule has 0 radical (unpaired) electrons. The Balaban J connectivity index is 1.44. The molecule has 0 aliphatic heterocycles. The normalized spacial score (nSPS) is 13.9. The van der Waals surface area contributed by atoms with Crippen LogP contribution in [0, 0.1) is 5.92 Å². The van der Waals surface area contributed by atoms with Gasteiger partial charge >= 0.3 is 12.1 Å². The van der Waals surface area contributed by atoms with Crippen LogP contribution >= 0.6 is 0 Å². The highest BCUT2D eigenvalue weighted by Gasteiger charge is 2.29. The lowest BCUT2D eigenvalue weighted by molar-refractivity contribution is -0.137. The van der Waals surface area contributed by atoms with E-state index in [9.17, 15) is 14.4 Å². The number of carbonyl (C=O) groups is 3. The second-order valence-corrected chi connectivity index (χ2v) is 8.89. The van der Waals surface area contributed by atoms with E-state index < -0.39 is 12.1 Å². The fourth-order valence-corrected chi connectivity index (χ4v) is 4.40. The van der Waals surface area contributed by atoms with Crippen molar-refractivity contribution in [3.05, 3.63) is 59.7 Å². The molecule has 0 saturated heterocycles. The lowest BCUT2D eigenvalue weighted by Gasteiger charge is -2.20. The Bertz CT molecular complexity index is 961. The van der Waals surface area contributed by atoms with Crippen molar-refractivity contribution in [3.63, 3.8) is 0 Å². The predicted octanol–water partition coefficient (Wildman–Crippen LogP) is 4.70. The number of ether oxygens (including phenoxy) is 1. The zero-order valence-electron chi connectivity index (χ0n) is 19.9. The Morgan fingerprint density at radius 1 is 1.00 bits per heavy atom. The number of benzene rings is 2. The van der Waals surface area contributed by atoms with E-state index in [1.54, 1.807) is 6.92 Å². The molecule has 3 N–H and O–H groups in total. The number of nitrogens with one attached hydrogen (secondary N) is 2. The minimum Gasteiger partial charge on any atom is -0.481 e. The Kier molecular flexibility index (Phi) is 9.08. The highest BCUT2D eigenvalue weighted by atomic mass is 16.5. The molecule has 1 aliphatic rings. The first-order valence-corrected chi connectivity index (χ1v) is 12.0. The number of carbonyl (C=O) groups excluding carboxylic acids is 2. The van der Waals surface area contributed by atoms with Gasteiger partial charge in [0.15, 0.2) is 0 Å². The minimum atomic E-state index is -0.925. The van der Waals surface area contributed by atoms with Crippen molar-refractivity contribution in [3.8, 4) is 11.1 Å². The van der Waals surface area contributed by atoms with E-state index >= 15 is 0 Å². The average molecular weight is 467 g/mol. The van der Waals surface area contributed by atoms with Crippen molar-refractivity contribution >= 4 is 18.0 Å². The van der Waals surface area contributed by atoms with Gasteiger partial charge < -0.3 is 20.5 Å². The van der Waals surface area contributed by atoms with Gasteiger partial charge in [-0.3, -0.25) is 9.59 Å². The summed E-state index contributed by atoms with van der Waals surface area (Å²) in [5.41, 5.74) is 4.65. The number of hydrogen-bond acceptors (Lipinski definition) is 4. The van der Waals surface area contributed by atoms with Gasteiger partial charge in [-0.15, -0.1) is 0 Å². The first-order chi connectivity index (χ1) is 16.4. The number of rotatable bonds is 12. The standard InChI is InChI=1S/C27H34N2O5/c1-3-4-9-19(16-25(30)31)29-26(32)18(2)14-15-28-27(33)34-17-24-22-12-7-5-10-20(22)21-11-6-8-13-23(21)24/h5-8,10-13,18-19,24H,3-4,9,14-17H2,1-2H3,(H,28,33)(H,29,32)(H,30,31). The molecule has 0 heterocycles. The highest BCUT2D eigenvalue weighted by Crippen LogP contribution is 2.44. The van der Waals surface area contributed by atoms with Crippen molar-refractivity contribution in [2.24, 2.45) is 5.92 Å². The lowest BCUT2D eigenvalue weighted by atomic mass is 9.98. The third-order valence-corrected chi connectivity index (χ3v) is 6.31. The predicted molar refractivity (Wildman–Crippen MR) is 131 cm³/mol. The van der Waals surface area contributed by atoms with E-state index in [1.807, 2.05) is 31.2 Å². The first-order valence-electron chi connectivity index (χ1n) is 12.0. The molecule has 182 valence electrons.